The minimum atomic E-state index is 0.0159. The van der Waals surface area contributed by atoms with Crippen molar-refractivity contribution in [2.75, 3.05) is 19.7 Å². The topological polar surface area (TPSA) is 21.3 Å². The monoisotopic (exact) mass is 215 g/mol. The second-order valence-electron chi connectivity index (χ2n) is 5.74. The quantitative estimate of drug-likeness (QED) is 0.628. The summed E-state index contributed by atoms with van der Waals surface area (Å²) in [6, 6.07) is 0. The second kappa shape index (κ2) is 6.49. The molecule has 1 N–H and O–H groups in total. The molecule has 0 aliphatic carbocycles. The molecule has 0 saturated heterocycles. The van der Waals surface area contributed by atoms with Gasteiger partial charge in [0, 0.05) is 12.0 Å². The molecule has 92 valence electrons. The lowest BCUT2D eigenvalue weighted by Gasteiger charge is -2.31. The summed E-state index contributed by atoms with van der Waals surface area (Å²) < 4.78 is 5.93. The second-order valence-corrected chi connectivity index (χ2v) is 5.74. The molecular weight excluding hydrogens is 186 g/mol. The van der Waals surface area contributed by atoms with Gasteiger partial charge in [0.25, 0.3) is 0 Å². The number of hydrogen-bond donors (Lipinski definition) is 1. The van der Waals surface area contributed by atoms with E-state index in [-0.39, 0.29) is 11.0 Å². The predicted octanol–water partition coefficient (Wildman–Crippen LogP) is 3.22. The van der Waals surface area contributed by atoms with Crippen molar-refractivity contribution in [2.24, 2.45) is 5.41 Å². The molecule has 0 radical (unpaired) electrons. The van der Waals surface area contributed by atoms with Gasteiger partial charge in [0.2, 0.25) is 0 Å². The summed E-state index contributed by atoms with van der Waals surface area (Å²) in [6.07, 6.45) is 2.25. The van der Waals surface area contributed by atoms with E-state index in [1.165, 1.54) is 6.42 Å². The highest BCUT2D eigenvalue weighted by Gasteiger charge is 2.23. The van der Waals surface area contributed by atoms with Crippen LogP contribution in [0.15, 0.2) is 0 Å². The molecule has 0 atom stereocenters. The van der Waals surface area contributed by atoms with E-state index in [9.17, 15) is 0 Å². The number of nitrogens with one attached hydrogen (secondary N) is 1. The van der Waals surface area contributed by atoms with Crippen LogP contribution >= 0.6 is 0 Å². The molecule has 0 rings (SSSR count). The van der Waals surface area contributed by atoms with Crippen LogP contribution in [0.1, 0.15) is 54.4 Å². The van der Waals surface area contributed by atoms with E-state index in [0.717, 1.165) is 26.1 Å². The third kappa shape index (κ3) is 7.80. The fraction of sp³-hybridized carbons (Fsp3) is 1.00. The molecule has 15 heavy (non-hydrogen) atoms. The van der Waals surface area contributed by atoms with Crippen molar-refractivity contribution in [3.63, 3.8) is 0 Å². The maximum Gasteiger partial charge on any atom is 0.0624 e. The summed E-state index contributed by atoms with van der Waals surface area (Å²) in [4.78, 5) is 0. The van der Waals surface area contributed by atoms with Gasteiger partial charge in [-0.05, 0) is 33.2 Å². The van der Waals surface area contributed by atoms with Gasteiger partial charge in [-0.1, -0.05) is 27.7 Å². The Balaban J connectivity index is 3.82. The Morgan fingerprint density at radius 2 is 1.67 bits per heavy atom. The first-order valence-corrected chi connectivity index (χ1v) is 6.17. The van der Waals surface area contributed by atoms with Crippen LogP contribution in [0.5, 0.6) is 0 Å². The minimum Gasteiger partial charge on any atom is -0.375 e. The van der Waals surface area contributed by atoms with Crippen LogP contribution in [-0.4, -0.2) is 25.3 Å². The van der Waals surface area contributed by atoms with Gasteiger partial charge in [-0.15, -0.1) is 0 Å². The van der Waals surface area contributed by atoms with Crippen molar-refractivity contribution in [3.8, 4) is 0 Å². The molecule has 0 spiro atoms. The van der Waals surface area contributed by atoms with Crippen LogP contribution in [0.3, 0.4) is 0 Å². The first kappa shape index (κ1) is 14.9. The first-order chi connectivity index (χ1) is 6.83. The van der Waals surface area contributed by atoms with Crippen molar-refractivity contribution < 1.29 is 4.74 Å². The van der Waals surface area contributed by atoms with E-state index in [2.05, 4.69) is 46.9 Å². The van der Waals surface area contributed by atoms with Gasteiger partial charge < -0.3 is 10.1 Å². The van der Waals surface area contributed by atoms with Gasteiger partial charge >= 0.3 is 0 Å². The highest BCUT2D eigenvalue weighted by molar-refractivity contribution is 4.74. The molecule has 0 saturated carbocycles. The molecule has 0 aromatic heterocycles. The normalized spacial score (nSPS) is 13.2. The van der Waals surface area contributed by atoms with Crippen LogP contribution in [-0.2, 0) is 4.74 Å². The first-order valence-electron chi connectivity index (χ1n) is 6.17. The predicted molar refractivity (Wildman–Crippen MR) is 67.3 cm³/mol. The Labute approximate surface area is 95.8 Å². The van der Waals surface area contributed by atoms with Crippen molar-refractivity contribution in [1.29, 1.82) is 0 Å². The lowest BCUT2D eigenvalue weighted by molar-refractivity contribution is -0.0559. The van der Waals surface area contributed by atoms with Gasteiger partial charge in [-0.3, -0.25) is 0 Å². The van der Waals surface area contributed by atoms with Gasteiger partial charge in [-0.2, -0.15) is 0 Å². The zero-order valence-corrected chi connectivity index (χ0v) is 11.4. The van der Waals surface area contributed by atoms with Crippen LogP contribution < -0.4 is 5.32 Å². The molecule has 0 aliphatic heterocycles. The lowest BCUT2D eigenvalue weighted by Crippen LogP contribution is -2.37. The standard InChI is InChI=1S/C13H29NO/c1-7-9-14-10-12(3,4)11-15-13(5,6)8-2/h14H,7-11H2,1-6H3. The molecule has 0 heterocycles. The average molecular weight is 215 g/mol. The maximum absolute atomic E-state index is 5.93. The third-order valence-corrected chi connectivity index (χ3v) is 2.74. The zero-order valence-electron chi connectivity index (χ0n) is 11.4. The van der Waals surface area contributed by atoms with Crippen LogP contribution in [0, 0.1) is 5.41 Å². The summed E-state index contributed by atoms with van der Waals surface area (Å²) in [7, 11) is 0. The molecule has 0 aliphatic rings. The van der Waals surface area contributed by atoms with Gasteiger partial charge in [0.1, 0.15) is 0 Å². The average Bonchev–Trinajstić information content (AvgIpc) is 2.16. The van der Waals surface area contributed by atoms with E-state index in [0.29, 0.717) is 0 Å². The van der Waals surface area contributed by atoms with Crippen molar-refractivity contribution >= 4 is 0 Å². The molecule has 2 heteroatoms. The summed E-state index contributed by atoms with van der Waals surface area (Å²) in [6.45, 7) is 16.1. The third-order valence-electron chi connectivity index (χ3n) is 2.74. The van der Waals surface area contributed by atoms with E-state index in [1.807, 2.05) is 0 Å². The summed E-state index contributed by atoms with van der Waals surface area (Å²) >= 11 is 0. The molecule has 0 bridgehead atoms. The fourth-order valence-electron chi connectivity index (χ4n) is 1.15. The van der Waals surface area contributed by atoms with Crippen molar-refractivity contribution in [1.82, 2.24) is 5.32 Å². The highest BCUT2D eigenvalue weighted by atomic mass is 16.5. The zero-order chi connectivity index (χ0) is 11.9. The highest BCUT2D eigenvalue weighted by Crippen LogP contribution is 2.20. The Morgan fingerprint density at radius 3 is 2.13 bits per heavy atom. The van der Waals surface area contributed by atoms with Crippen molar-refractivity contribution in [2.45, 2.75) is 60.0 Å². The molecule has 0 fully saturated rings. The van der Waals surface area contributed by atoms with E-state index in [1.54, 1.807) is 0 Å². The van der Waals surface area contributed by atoms with E-state index in [4.69, 9.17) is 4.74 Å². The Kier molecular flexibility index (Phi) is 6.46. The Hall–Kier alpha value is -0.0800. The fourth-order valence-corrected chi connectivity index (χ4v) is 1.15. The lowest BCUT2D eigenvalue weighted by atomic mass is 9.94. The maximum atomic E-state index is 5.93. The van der Waals surface area contributed by atoms with E-state index >= 15 is 0 Å². The summed E-state index contributed by atoms with van der Waals surface area (Å²) in [5.41, 5.74) is 0.240. The molecule has 0 aromatic carbocycles. The SMILES string of the molecule is CCCNCC(C)(C)COC(C)(C)CC. The molecule has 0 amide bonds. The van der Waals surface area contributed by atoms with Crippen molar-refractivity contribution in [3.05, 3.63) is 0 Å². The molecular formula is C13H29NO. The number of ether oxygens (including phenoxy) is 1. The Bertz CT molecular complexity index is 164. The van der Waals surface area contributed by atoms with Gasteiger partial charge in [-0.25, -0.2) is 0 Å². The largest absolute Gasteiger partial charge is 0.375 e. The molecule has 2 nitrogen and oxygen atoms in total. The number of rotatable bonds is 8. The van der Waals surface area contributed by atoms with Crippen LogP contribution in [0.2, 0.25) is 0 Å². The van der Waals surface area contributed by atoms with E-state index < -0.39 is 0 Å². The Morgan fingerprint density at radius 1 is 1.07 bits per heavy atom. The minimum absolute atomic E-state index is 0.0159. The summed E-state index contributed by atoms with van der Waals surface area (Å²) in [5, 5.41) is 3.45. The van der Waals surface area contributed by atoms with Gasteiger partial charge in [0.05, 0.1) is 12.2 Å². The van der Waals surface area contributed by atoms with Crippen LogP contribution in [0.25, 0.3) is 0 Å². The smallest absolute Gasteiger partial charge is 0.0624 e. The molecule has 0 unspecified atom stereocenters. The van der Waals surface area contributed by atoms with Gasteiger partial charge in [0.15, 0.2) is 0 Å². The molecule has 0 aromatic rings. The van der Waals surface area contributed by atoms with Crippen LogP contribution in [0.4, 0.5) is 0 Å². The summed E-state index contributed by atoms with van der Waals surface area (Å²) in [5.74, 6) is 0. The number of hydrogen-bond acceptors (Lipinski definition) is 2.